The van der Waals surface area contributed by atoms with Gasteiger partial charge in [-0.3, -0.25) is 9.59 Å². The molecular weight excluding hydrogens is 436 g/mol. The number of hydrogen-bond donors (Lipinski definition) is 1. The SMILES string of the molecule is O=C(Cc1ccccc1C(=O)c1ccc(F)cc1)NC(C(F)F)C(F)C1CN2CCC1CC2. The Balaban J connectivity index is 1.46. The van der Waals surface area contributed by atoms with Gasteiger partial charge in [0.15, 0.2) is 5.78 Å². The van der Waals surface area contributed by atoms with Gasteiger partial charge >= 0.3 is 0 Å². The summed E-state index contributed by atoms with van der Waals surface area (Å²) in [5.41, 5.74) is 0.776. The predicted octanol–water partition coefficient (Wildman–Crippen LogP) is 4.03. The van der Waals surface area contributed by atoms with Crippen LogP contribution >= 0.6 is 0 Å². The summed E-state index contributed by atoms with van der Waals surface area (Å²) in [7, 11) is 0. The summed E-state index contributed by atoms with van der Waals surface area (Å²) in [6.45, 7) is 2.15. The molecule has 3 saturated heterocycles. The monoisotopic (exact) mass is 462 g/mol. The van der Waals surface area contributed by atoms with Crippen LogP contribution in [0.4, 0.5) is 17.6 Å². The van der Waals surface area contributed by atoms with E-state index >= 15 is 4.39 Å². The lowest BCUT2D eigenvalue weighted by Gasteiger charge is -2.47. The fourth-order valence-electron chi connectivity index (χ4n) is 4.98. The van der Waals surface area contributed by atoms with Gasteiger partial charge in [0.25, 0.3) is 6.43 Å². The molecular formula is C25H26F4N2O2. The van der Waals surface area contributed by atoms with E-state index in [1.165, 1.54) is 18.2 Å². The molecule has 1 amide bonds. The maximum atomic E-state index is 15.2. The Morgan fingerprint density at radius 3 is 2.27 bits per heavy atom. The average molecular weight is 462 g/mol. The van der Waals surface area contributed by atoms with Gasteiger partial charge in [-0.15, -0.1) is 0 Å². The summed E-state index contributed by atoms with van der Waals surface area (Å²) in [6.07, 6.45) is -3.67. The van der Waals surface area contributed by atoms with Crippen LogP contribution in [-0.4, -0.2) is 54.9 Å². The normalized spacial score (nSPS) is 23.8. The molecule has 2 bridgehead atoms. The minimum atomic E-state index is -3.05. The number of carbonyl (C=O) groups excluding carboxylic acids is 2. The molecule has 3 heterocycles. The first-order valence-corrected chi connectivity index (χ1v) is 11.2. The van der Waals surface area contributed by atoms with E-state index < -0.39 is 42.1 Å². The van der Waals surface area contributed by atoms with Gasteiger partial charge < -0.3 is 10.2 Å². The topological polar surface area (TPSA) is 49.4 Å². The van der Waals surface area contributed by atoms with E-state index in [4.69, 9.17) is 0 Å². The second-order valence-corrected chi connectivity index (χ2v) is 8.84. The van der Waals surface area contributed by atoms with E-state index in [1.807, 2.05) is 0 Å². The second-order valence-electron chi connectivity index (χ2n) is 8.84. The van der Waals surface area contributed by atoms with E-state index in [0.29, 0.717) is 12.1 Å². The zero-order valence-corrected chi connectivity index (χ0v) is 18.0. The predicted molar refractivity (Wildman–Crippen MR) is 115 cm³/mol. The van der Waals surface area contributed by atoms with Gasteiger partial charge in [-0.05, 0) is 61.7 Å². The molecule has 0 spiro atoms. The number of piperidine rings is 3. The quantitative estimate of drug-likeness (QED) is 0.476. The molecule has 5 rings (SSSR count). The Morgan fingerprint density at radius 1 is 1.00 bits per heavy atom. The molecule has 8 heteroatoms. The summed E-state index contributed by atoms with van der Waals surface area (Å²) in [5, 5.41) is 2.19. The van der Waals surface area contributed by atoms with Crippen molar-refractivity contribution in [3.8, 4) is 0 Å². The van der Waals surface area contributed by atoms with Gasteiger partial charge in [0.05, 0.1) is 6.42 Å². The van der Waals surface area contributed by atoms with Crippen molar-refractivity contribution in [1.82, 2.24) is 10.2 Å². The number of hydrogen-bond acceptors (Lipinski definition) is 3. The van der Waals surface area contributed by atoms with Crippen LogP contribution in [0.5, 0.6) is 0 Å². The molecule has 176 valence electrons. The minimum absolute atomic E-state index is 0.0530. The minimum Gasteiger partial charge on any atom is -0.344 e. The number of fused-ring (bicyclic) bond motifs is 3. The Hall–Kier alpha value is -2.74. The number of benzene rings is 2. The molecule has 4 nitrogen and oxygen atoms in total. The first-order chi connectivity index (χ1) is 15.8. The third-order valence-corrected chi connectivity index (χ3v) is 6.78. The van der Waals surface area contributed by atoms with Crippen molar-refractivity contribution < 1.29 is 27.2 Å². The number of nitrogens with one attached hydrogen (secondary N) is 1. The molecule has 0 aromatic heterocycles. The third-order valence-electron chi connectivity index (χ3n) is 6.78. The first-order valence-electron chi connectivity index (χ1n) is 11.2. The number of carbonyl (C=O) groups is 2. The Morgan fingerprint density at radius 2 is 1.67 bits per heavy atom. The van der Waals surface area contributed by atoms with Crippen LogP contribution in [0.15, 0.2) is 48.5 Å². The van der Waals surface area contributed by atoms with E-state index in [1.54, 1.807) is 18.2 Å². The van der Waals surface area contributed by atoms with Crippen LogP contribution in [0.3, 0.4) is 0 Å². The third kappa shape index (κ3) is 5.27. The fraction of sp³-hybridized carbons (Fsp3) is 0.440. The van der Waals surface area contributed by atoms with Gasteiger partial charge in [0.1, 0.15) is 18.0 Å². The fourth-order valence-corrected chi connectivity index (χ4v) is 4.98. The van der Waals surface area contributed by atoms with Crippen LogP contribution in [0.2, 0.25) is 0 Å². The maximum Gasteiger partial charge on any atom is 0.261 e. The van der Waals surface area contributed by atoms with Crippen molar-refractivity contribution in [2.75, 3.05) is 19.6 Å². The van der Waals surface area contributed by atoms with Crippen molar-refractivity contribution >= 4 is 11.7 Å². The van der Waals surface area contributed by atoms with E-state index in [-0.39, 0.29) is 23.5 Å². The van der Waals surface area contributed by atoms with Crippen LogP contribution in [-0.2, 0) is 11.2 Å². The number of alkyl halides is 3. The summed E-state index contributed by atoms with van der Waals surface area (Å²) in [5.74, 6) is -2.15. The number of amides is 1. The molecule has 1 N–H and O–H groups in total. The number of ketones is 1. The lowest BCUT2D eigenvalue weighted by Crippen LogP contribution is -2.57. The zero-order valence-electron chi connectivity index (χ0n) is 18.0. The van der Waals surface area contributed by atoms with Crippen LogP contribution in [0, 0.1) is 17.7 Å². The van der Waals surface area contributed by atoms with Crippen LogP contribution < -0.4 is 5.32 Å². The van der Waals surface area contributed by atoms with Crippen molar-refractivity contribution in [3.05, 3.63) is 71.0 Å². The standard InChI is InChI=1S/C25H26F4N2O2/c26-18-7-5-16(6-8-18)24(33)19-4-2-1-3-17(19)13-21(32)30-23(25(28)29)22(27)20-14-31-11-9-15(20)10-12-31/h1-8,15,20,22-23,25H,9-14H2,(H,30,32). The summed E-state index contributed by atoms with van der Waals surface area (Å²) >= 11 is 0. The van der Waals surface area contributed by atoms with E-state index in [0.717, 1.165) is 38.1 Å². The highest BCUT2D eigenvalue weighted by Crippen LogP contribution is 2.37. The van der Waals surface area contributed by atoms with Gasteiger partial charge in [-0.2, -0.15) is 0 Å². The molecule has 0 radical (unpaired) electrons. The zero-order chi connectivity index (χ0) is 23.5. The highest BCUT2D eigenvalue weighted by Gasteiger charge is 2.44. The Labute approximate surface area is 190 Å². The molecule has 3 atom stereocenters. The molecule has 0 saturated carbocycles. The van der Waals surface area contributed by atoms with Gasteiger partial charge in [0.2, 0.25) is 5.91 Å². The van der Waals surface area contributed by atoms with E-state index in [9.17, 15) is 22.8 Å². The Kier molecular flexibility index (Phi) is 7.12. The molecule has 33 heavy (non-hydrogen) atoms. The van der Waals surface area contributed by atoms with Gasteiger partial charge in [-0.25, -0.2) is 17.6 Å². The summed E-state index contributed by atoms with van der Waals surface area (Å²) in [6, 6.07) is 9.40. The molecule has 3 aliphatic rings. The number of halogens is 4. The highest BCUT2D eigenvalue weighted by atomic mass is 19.3. The largest absolute Gasteiger partial charge is 0.344 e. The van der Waals surface area contributed by atoms with Crippen molar-refractivity contribution in [2.24, 2.45) is 11.8 Å². The summed E-state index contributed by atoms with van der Waals surface area (Å²) in [4.78, 5) is 27.6. The van der Waals surface area contributed by atoms with Crippen molar-refractivity contribution in [2.45, 2.75) is 37.9 Å². The molecule has 2 aromatic carbocycles. The van der Waals surface area contributed by atoms with E-state index in [2.05, 4.69) is 10.2 Å². The highest BCUT2D eigenvalue weighted by molar-refractivity contribution is 6.10. The van der Waals surface area contributed by atoms with Gasteiger partial charge in [0, 0.05) is 23.6 Å². The lowest BCUT2D eigenvalue weighted by atomic mass is 9.75. The molecule has 0 aliphatic carbocycles. The molecule has 3 aliphatic heterocycles. The maximum absolute atomic E-state index is 15.2. The van der Waals surface area contributed by atoms with Crippen LogP contribution in [0.1, 0.15) is 34.3 Å². The first kappa shape index (κ1) is 23.4. The smallest absolute Gasteiger partial charge is 0.261 e. The van der Waals surface area contributed by atoms with Gasteiger partial charge in [-0.1, -0.05) is 24.3 Å². The molecule has 3 unspecified atom stereocenters. The average Bonchev–Trinajstić information content (AvgIpc) is 2.83. The molecule has 3 fully saturated rings. The summed E-state index contributed by atoms with van der Waals surface area (Å²) < 4.78 is 55.9. The number of rotatable bonds is 8. The van der Waals surface area contributed by atoms with Crippen LogP contribution in [0.25, 0.3) is 0 Å². The second kappa shape index (κ2) is 10.0. The molecule has 2 aromatic rings. The lowest BCUT2D eigenvalue weighted by molar-refractivity contribution is -0.124. The van der Waals surface area contributed by atoms with Crippen molar-refractivity contribution in [3.63, 3.8) is 0 Å². The number of nitrogens with zero attached hydrogens (tertiary/aromatic N) is 1. The van der Waals surface area contributed by atoms with Crippen molar-refractivity contribution in [1.29, 1.82) is 0 Å². The Bertz CT molecular complexity index is 990.